The lowest BCUT2D eigenvalue weighted by molar-refractivity contribution is -0.302. The Bertz CT molecular complexity index is 1200. The monoisotopic (exact) mass is 548 g/mol. The molecular formula is C27H32O12. The standard InChI is InChI=1S/C27H32O12/c1-35-11-14(12-37-27-24(34)23(33)22(32)20(10-28)38-27)4-3-13-7-16-21(31)25(39-26(16)18(30)8-13)15-5-6-17(29)19(9-15)36-2/h3-9,14,20,22-25,27-30,32-34H,10-12H2,1-2H3. The van der Waals surface area contributed by atoms with Gasteiger partial charge in [-0.15, -0.1) is 0 Å². The van der Waals surface area contributed by atoms with E-state index >= 15 is 0 Å². The summed E-state index contributed by atoms with van der Waals surface area (Å²) in [4.78, 5) is 13.1. The molecule has 1 fully saturated rings. The third-order valence-electron chi connectivity index (χ3n) is 6.60. The van der Waals surface area contributed by atoms with E-state index in [9.17, 15) is 35.4 Å². The summed E-state index contributed by atoms with van der Waals surface area (Å²) in [5, 5.41) is 59.8. The van der Waals surface area contributed by atoms with Crippen LogP contribution in [-0.4, -0.2) is 101 Å². The summed E-state index contributed by atoms with van der Waals surface area (Å²) in [6.07, 6.45) is -4.61. The normalized spacial score (nSPS) is 27.4. The van der Waals surface area contributed by atoms with Crippen molar-refractivity contribution in [3.63, 3.8) is 0 Å². The Hall–Kier alpha value is -3.23. The van der Waals surface area contributed by atoms with Gasteiger partial charge in [0.05, 0.1) is 32.5 Å². The van der Waals surface area contributed by atoms with Crippen molar-refractivity contribution in [3.8, 4) is 23.0 Å². The second-order valence-electron chi connectivity index (χ2n) is 9.32. The molecule has 4 rings (SSSR count). The summed E-state index contributed by atoms with van der Waals surface area (Å²) in [5.74, 6) is -0.823. The third-order valence-corrected chi connectivity index (χ3v) is 6.60. The molecule has 12 heteroatoms. The van der Waals surface area contributed by atoms with E-state index in [4.69, 9.17) is 23.7 Å². The van der Waals surface area contributed by atoms with Gasteiger partial charge in [-0.3, -0.25) is 4.79 Å². The second-order valence-corrected chi connectivity index (χ2v) is 9.32. The van der Waals surface area contributed by atoms with Crippen molar-refractivity contribution < 1.29 is 59.1 Å². The number of rotatable bonds is 10. The van der Waals surface area contributed by atoms with Crippen LogP contribution in [0.5, 0.6) is 23.0 Å². The summed E-state index contributed by atoms with van der Waals surface area (Å²) in [6.45, 7) is -0.383. The van der Waals surface area contributed by atoms with E-state index in [0.29, 0.717) is 11.1 Å². The van der Waals surface area contributed by atoms with E-state index in [1.54, 1.807) is 18.2 Å². The number of phenols is 2. The van der Waals surface area contributed by atoms with Gasteiger partial charge in [-0.1, -0.05) is 18.2 Å². The van der Waals surface area contributed by atoms with Crippen molar-refractivity contribution >= 4 is 11.9 Å². The summed E-state index contributed by atoms with van der Waals surface area (Å²) in [5.41, 5.74) is 1.14. The molecular weight excluding hydrogens is 516 g/mol. The fourth-order valence-corrected chi connectivity index (χ4v) is 4.47. The zero-order valence-electron chi connectivity index (χ0n) is 21.3. The van der Waals surface area contributed by atoms with Crippen LogP contribution in [0.2, 0.25) is 0 Å². The average Bonchev–Trinajstić information content (AvgIpc) is 3.26. The van der Waals surface area contributed by atoms with Crippen molar-refractivity contribution in [2.24, 2.45) is 5.92 Å². The maximum absolute atomic E-state index is 13.1. The van der Waals surface area contributed by atoms with Gasteiger partial charge in [-0.25, -0.2) is 0 Å². The summed E-state index contributed by atoms with van der Waals surface area (Å²) in [7, 11) is 2.88. The molecule has 0 spiro atoms. The lowest BCUT2D eigenvalue weighted by Gasteiger charge is -2.39. The number of aromatic hydroxyl groups is 2. The molecule has 0 radical (unpaired) electrons. The average molecular weight is 549 g/mol. The van der Waals surface area contributed by atoms with Crippen LogP contribution >= 0.6 is 0 Å². The topological polar surface area (TPSA) is 185 Å². The molecule has 212 valence electrons. The second kappa shape index (κ2) is 12.3. The number of hydrogen-bond acceptors (Lipinski definition) is 12. The molecule has 1 saturated heterocycles. The zero-order chi connectivity index (χ0) is 28.3. The van der Waals surface area contributed by atoms with E-state index in [0.717, 1.165) is 0 Å². The van der Waals surface area contributed by atoms with E-state index in [2.05, 4.69) is 0 Å². The van der Waals surface area contributed by atoms with Crippen LogP contribution in [-0.2, 0) is 14.2 Å². The fourth-order valence-electron chi connectivity index (χ4n) is 4.47. The van der Waals surface area contributed by atoms with Crippen LogP contribution in [0.15, 0.2) is 36.4 Å². The number of fused-ring (bicyclic) bond motifs is 1. The predicted molar refractivity (Wildman–Crippen MR) is 135 cm³/mol. The van der Waals surface area contributed by atoms with Crippen LogP contribution in [0.3, 0.4) is 0 Å². The minimum Gasteiger partial charge on any atom is -0.504 e. The van der Waals surface area contributed by atoms with Crippen molar-refractivity contribution in [2.45, 2.75) is 36.8 Å². The largest absolute Gasteiger partial charge is 0.504 e. The van der Waals surface area contributed by atoms with Crippen molar-refractivity contribution in [1.82, 2.24) is 0 Å². The number of aliphatic hydroxyl groups excluding tert-OH is 4. The van der Waals surface area contributed by atoms with Gasteiger partial charge in [0.15, 0.2) is 35.4 Å². The van der Waals surface area contributed by atoms with Gasteiger partial charge >= 0.3 is 0 Å². The van der Waals surface area contributed by atoms with Gasteiger partial charge in [0, 0.05) is 18.6 Å². The van der Waals surface area contributed by atoms with Crippen molar-refractivity contribution in [2.75, 3.05) is 34.0 Å². The Morgan fingerprint density at radius 1 is 1.00 bits per heavy atom. The minimum absolute atomic E-state index is 0.0171. The van der Waals surface area contributed by atoms with Crippen LogP contribution in [0, 0.1) is 5.92 Å². The molecule has 7 unspecified atom stereocenters. The highest BCUT2D eigenvalue weighted by molar-refractivity contribution is 6.06. The van der Waals surface area contributed by atoms with Gasteiger partial charge in [0.1, 0.15) is 24.4 Å². The minimum atomic E-state index is -1.56. The number of benzene rings is 2. The van der Waals surface area contributed by atoms with Crippen LogP contribution in [0.4, 0.5) is 0 Å². The number of carbonyl (C=O) groups is 1. The first-order valence-electron chi connectivity index (χ1n) is 12.2. The van der Waals surface area contributed by atoms with E-state index in [1.165, 1.54) is 38.5 Å². The van der Waals surface area contributed by atoms with Crippen molar-refractivity contribution in [1.29, 1.82) is 0 Å². The Morgan fingerprint density at radius 3 is 2.46 bits per heavy atom. The predicted octanol–water partition coefficient (Wildman–Crippen LogP) is 0.515. The molecule has 39 heavy (non-hydrogen) atoms. The van der Waals surface area contributed by atoms with Crippen LogP contribution < -0.4 is 9.47 Å². The molecule has 2 aromatic rings. The fraction of sp³-hybridized carbons (Fsp3) is 0.444. The first-order chi connectivity index (χ1) is 18.7. The smallest absolute Gasteiger partial charge is 0.211 e. The zero-order valence-corrected chi connectivity index (χ0v) is 21.3. The number of aliphatic hydroxyl groups is 4. The highest BCUT2D eigenvalue weighted by Gasteiger charge is 2.44. The molecule has 2 aromatic carbocycles. The highest BCUT2D eigenvalue weighted by atomic mass is 16.7. The molecule has 7 atom stereocenters. The van der Waals surface area contributed by atoms with Crippen LogP contribution in [0.1, 0.15) is 27.6 Å². The number of ether oxygens (including phenoxy) is 5. The Kier molecular flexibility index (Phi) is 9.08. The lowest BCUT2D eigenvalue weighted by Crippen LogP contribution is -2.59. The summed E-state index contributed by atoms with van der Waals surface area (Å²) < 4.78 is 27.1. The van der Waals surface area contributed by atoms with Gasteiger partial charge < -0.3 is 54.3 Å². The molecule has 12 nitrogen and oxygen atoms in total. The maximum Gasteiger partial charge on any atom is 0.211 e. The lowest BCUT2D eigenvalue weighted by atomic mass is 9.99. The highest BCUT2D eigenvalue weighted by Crippen LogP contribution is 2.44. The number of methoxy groups -OCH3 is 2. The van der Waals surface area contributed by atoms with Gasteiger partial charge in [-0.2, -0.15) is 0 Å². The third kappa shape index (κ3) is 6.02. The number of phenolic OH excluding ortho intramolecular Hbond substituents is 2. The number of hydrogen-bond donors (Lipinski definition) is 6. The first kappa shape index (κ1) is 28.8. The SMILES string of the molecule is COCC(C=Cc1cc(O)c2c(c1)C(=O)C(c1ccc(O)c(OC)c1)O2)COC1OC(CO)C(O)C(O)C1O. The molecule has 0 amide bonds. The molecule has 0 aliphatic carbocycles. The molecule has 0 bridgehead atoms. The maximum atomic E-state index is 13.1. The van der Waals surface area contributed by atoms with Gasteiger partial charge in [0.2, 0.25) is 5.78 Å². The molecule has 2 aliphatic rings. The molecule has 6 N–H and O–H groups in total. The number of carbonyl (C=O) groups excluding carboxylic acids is 1. The van der Waals surface area contributed by atoms with E-state index < -0.39 is 43.4 Å². The molecule has 0 saturated carbocycles. The first-order valence-corrected chi connectivity index (χ1v) is 12.2. The Morgan fingerprint density at radius 2 is 1.77 bits per heavy atom. The summed E-state index contributed by atoms with van der Waals surface area (Å²) >= 11 is 0. The Labute approximate surface area is 224 Å². The molecule has 2 aliphatic heterocycles. The summed E-state index contributed by atoms with van der Waals surface area (Å²) in [6, 6.07) is 7.43. The Balaban J connectivity index is 1.47. The van der Waals surface area contributed by atoms with Crippen LogP contribution in [0.25, 0.3) is 6.08 Å². The van der Waals surface area contributed by atoms with E-state index in [-0.39, 0.29) is 53.5 Å². The quantitative estimate of drug-likeness (QED) is 0.242. The van der Waals surface area contributed by atoms with E-state index in [1.807, 2.05) is 0 Å². The number of Topliss-reactive ketones (excluding diaryl/α,β-unsaturated/α-hetero) is 1. The van der Waals surface area contributed by atoms with Crippen molar-refractivity contribution in [3.05, 3.63) is 53.1 Å². The number of ketones is 1. The molecule has 0 aromatic heterocycles. The molecule has 2 heterocycles. The van der Waals surface area contributed by atoms with Gasteiger partial charge in [0.25, 0.3) is 0 Å². The van der Waals surface area contributed by atoms with Gasteiger partial charge in [-0.05, 0) is 29.8 Å².